The molecule has 0 radical (unpaired) electrons. The van der Waals surface area contributed by atoms with Crippen molar-refractivity contribution in [2.45, 2.75) is 32.3 Å². The normalized spacial score (nSPS) is 22.5. The molecule has 0 spiro atoms. The lowest BCUT2D eigenvalue weighted by Gasteiger charge is -2.31. The Morgan fingerprint density at radius 1 is 1.53 bits per heavy atom. The van der Waals surface area contributed by atoms with E-state index in [1.165, 1.54) is 4.31 Å². The summed E-state index contributed by atoms with van der Waals surface area (Å²) in [4.78, 5) is 10.3. The van der Waals surface area contributed by atoms with Gasteiger partial charge in [0.05, 0.1) is 18.5 Å². The molecule has 100 valence electrons. The molecule has 7 heteroatoms. The topological polar surface area (TPSA) is 83.9 Å². The zero-order valence-corrected chi connectivity index (χ0v) is 10.8. The highest BCUT2D eigenvalue weighted by Gasteiger charge is 2.28. The second-order valence-corrected chi connectivity index (χ2v) is 6.16. The largest absolute Gasteiger partial charge is 0.481 e. The lowest BCUT2D eigenvalue weighted by molar-refractivity contribution is -0.137. The maximum atomic E-state index is 11.9. The first-order valence-corrected chi connectivity index (χ1v) is 7.38. The van der Waals surface area contributed by atoms with Gasteiger partial charge in [-0.2, -0.15) is 4.31 Å². The standard InChI is InChI=1S/C10H19NO5S/c1-2-9-8-11(5-6-16-9)17(14,15)7-3-4-10(12)13/h9H,2-8H2,1H3,(H,12,13). The van der Waals surface area contributed by atoms with Crippen LogP contribution in [0.25, 0.3) is 0 Å². The van der Waals surface area contributed by atoms with Crippen LogP contribution in [-0.4, -0.2) is 55.4 Å². The lowest BCUT2D eigenvalue weighted by Crippen LogP contribution is -2.46. The number of hydrogen-bond acceptors (Lipinski definition) is 4. The van der Waals surface area contributed by atoms with E-state index in [4.69, 9.17) is 9.84 Å². The highest BCUT2D eigenvalue weighted by Crippen LogP contribution is 2.13. The van der Waals surface area contributed by atoms with E-state index in [-0.39, 0.29) is 24.7 Å². The first kappa shape index (κ1) is 14.4. The molecule has 0 bridgehead atoms. The van der Waals surface area contributed by atoms with Gasteiger partial charge in [-0.3, -0.25) is 4.79 Å². The molecule has 0 aromatic heterocycles. The summed E-state index contributed by atoms with van der Waals surface area (Å²) in [6.07, 6.45) is 0.784. The van der Waals surface area contributed by atoms with Gasteiger partial charge >= 0.3 is 5.97 Å². The van der Waals surface area contributed by atoms with E-state index in [9.17, 15) is 13.2 Å². The first-order chi connectivity index (χ1) is 7.95. The van der Waals surface area contributed by atoms with Gasteiger partial charge in [0.25, 0.3) is 0 Å². The monoisotopic (exact) mass is 265 g/mol. The molecule has 17 heavy (non-hydrogen) atoms. The highest BCUT2D eigenvalue weighted by molar-refractivity contribution is 7.89. The minimum atomic E-state index is -3.33. The SMILES string of the molecule is CCC1CN(S(=O)(=O)CCCC(=O)O)CCO1. The fourth-order valence-electron chi connectivity index (χ4n) is 1.73. The molecule has 0 aromatic rings. The van der Waals surface area contributed by atoms with Crippen LogP contribution in [-0.2, 0) is 19.6 Å². The van der Waals surface area contributed by atoms with Gasteiger partial charge in [-0.15, -0.1) is 0 Å². The molecule has 1 fully saturated rings. The van der Waals surface area contributed by atoms with Gasteiger partial charge in [-0.05, 0) is 12.8 Å². The Labute approximate surface area is 102 Å². The van der Waals surface area contributed by atoms with Crippen molar-refractivity contribution >= 4 is 16.0 Å². The Balaban J connectivity index is 2.48. The van der Waals surface area contributed by atoms with E-state index >= 15 is 0 Å². The molecule has 1 aliphatic heterocycles. The molecule has 1 saturated heterocycles. The quantitative estimate of drug-likeness (QED) is 0.746. The number of carboxylic acid groups (broad SMARTS) is 1. The molecule has 1 rings (SSSR count). The zero-order valence-electron chi connectivity index (χ0n) is 9.96. The van der Waals surface area contributed by atoms with E-state index in [1.807, 2.05) is 6.92 Å². The average molecular weight is 265 g/mol. The van der Waals surface area contributed by atoms with Crippen LogP contribution in [0.1, 0.15) is 26.2 Å². The Morgan fingerprint density at radius 3 is 2.82 bits per heavy atom. The molecule has 1 aliphatic rings. The lowest BCUT2D eigenvalue weighted by atomic mass is 10.2. The summed E-state index contributed by atoms with van der Waals surface area (Å²) in [5.74, 6) is -1.07. The smallest absolute Gasteiger partial charge is 0.303 e. The van der Waals surface area contributed by atoms with Crippen LogP contribution in [0.5, 0.6) is 0 Å². The number of hydrogen-bond donors (Lipinski definition) is 1. The fourth-order valence-corrected chi connectivity index (χ4v) is 3.24. The van der Waals surface area contributed by atoms with Gasteiger partial charge in [0.15, 0.2) is 0 Å². The van der Waals surface area contributed by atoms with Crippen LogP contribution in [0.4, 0.5) is 0 Å². The number of carboxylic acids is 1. The second kappa shape index (κ2) is 6.32. The molecular weight excluding hydrogens is 246 g/mol. The molecule has 1 atom stereocenters. The summed E-state index contributed by atoms with van der Waals surface area (Å²) in [5.41, 5.74) is 0. The van der Waals surface area contributed by atoms with E-state index in [0.29, 0.717) is 19.7 Å². The molecule has 1 N–H and O–H groups in total. The number of morpholine rings is 1. The maximum Gasteiger partial charge on any atom is 0.303 e. The van der Waals surface area contributed by atoms with Crippen molar-refractivity contribution in [1.29, 1.82) is 0 Å². The van der Waals surface area contributed by atoms with Crippen LogP contribution in [0, 0.1) is 0 Å². The predicted octanol–water partition coefficient (Wildman–Crippen LogP) is 0.292. The van der Waals surface area contributed by atoms with Crippen molar-refractivity contribution in [2.24, 2.45) is 0 Å². The number of nitrogens with zero attached hydrogens (tertiary/aromatic N) is 1. The van der Waals surface area contributed by atoms with Crippen LogP contribution >= 0.6 is 0 Å². The van der Waals surface area contributed by atoms with Gasteiger partial charge in [0.1, 0.15) is 0 Å². The molecule has 1 heterocycles. The number of ether oxygens (including phenoxy) is 1. The molecule has 1 unspecified atom stereocenters. The third-order valence-corrected chi connectivity index (χ3v) is 4.67. The molecule has 6 nitrogen and oxygen atoms in total. The van der Waals surface area contributed by atoms with Crippen molar-refractivity contribution in [3.63, 3.8) is 0 Å². The summed E-state index contributed by atoms with van der Waals surface area (Å²) < 4.78 is 30.6. The third kappa shape index (κ3) is 4.61. The van der Waals surface area contributed by atoms with Crippen molar-refractivity contribution < 1.29 is 23.1 Å². The van der Waals surface area contributed by atoms with Gasteiger partial charge in [-0.25, -0.2) is 8.42 Å². The van der Waals surface area contributed by atoms with Crippen LogP contribution in [0.15, 0.2) is 0 Å². The molecule has 0 amide bonds. The van der Waals surface area contributed by atoms with E-state index < -0.39 is 16.0 Å². The van der Waals surface area contributed by atoms with Gasteiger partial charge in [0, 0.05) is 19.5 Å². The Morgan fingerprint density at radius 2 is 2.24 bits per heavy atom. The predicted molar refractivity (Wildman–Crippen MR) is 62.3 cm³/mol. The van der Waals surface area contributed by atoms with Crippen molar-refractivity contribution in [3.8, 4) is 0 Å². The van der Waals surface area contributed by atoms with E-state index in [1.54, 1.807) is 0 Å². The van der Waals surface area contributed by atoms with Crippen LogP contribution in [0.2, 0.25) is 0 Å². The minimum absolute atomic E-state index is 0.0435. The Bertz CT molecular complexity index is 354. The summed E-state index contributed by atoms with van der Waals surface area (Å²) in [6.45, 7) is 3.11. The van der Waals surface area contributed by atoms with E-state index in [0.717, 1.165) is 6.42 Å². The van der Waals surface area contributed by atoms with Crippen LogP contribution < -0.4 is 0 Å². The van der Waals surface area contributed by atoms with Crippen molar-refractivity contribution in [1.82, 2.24) is 4.31 Å². The van der Waals surface area contributed by atoms with Crippen molar-refractivity contribution in [2.75, 3.05) is 25.4 Å². The zero-order chi connectivity index (χ0) is 12.9. The number of aliphatic carboxylic acids is 1. The molecule has 0 saturated carbocycles. The number of carbonyl (C=O) groups is 1. The van der Waals surface area contributed by atoms with Gasteiger partial charge in [-0.1, -0.05) is 6.92 Å². The fraction of sp³-hybridized carbons (Fsp3) is 0.900. The Kier molecular flexibility index (Phi) is 5.35. The van der Waals surface area contributed by atoms with Gasteiger partial charge < -0.3 is 9.84 Å². The number of rotatable bonds is 6. The molecule has 0 aliphatic carbocycles. The summed E-state index contributed by atoms with van der Waals surface area (Å²) in [7, 11) is -3.33. The molecule has 0 aromatic carbocycles. The summed E-state index contributed by atoms with van der Waals surface area (Å²) >= 11 is 0. The highest BCUT2D eigenvalue weighted by atomic mass is 32.2. The van der Waals surface area contributed by atoms with Crippen molar-refractivity contribution in [3.05, 3.63) is 0 Å². The third-order valence-electron chi connectivity index (χ3n) is 2.74. The second-order valence-electron chi connectivity index (χ2n) is 4.07. The molecular formula is C10H19NO5S. The average Bonchev–Trinajstić information content (AvgIpc) is 2.28. The summed E-state index contributed by atoms with van der Waals surface area (Å²) in [5, 5.41) is 8.47. The first-order valence-electron chi connectivity index (χ1n) is 5.77. The van der Waals surface area contributed by atoms with E-state index in [2.05, 4.69) is 0 Å². The minimum Gasteiger partial charge on any atom is -0.481 e. The maximum absolute atomic E-state index is 11.9. The summed E-state index contributed by atoms with van der Waals surface area (Å²) in [6, 6.07) is 0. The number of sulfonamides is 1. The van der Waals surface area contributed by atoms with Crippen LogP contribution in [0.3, 0.4) is 0 Å². The van der Waals surface area contributed by atoms with Gasteiger partial charge in [0.2, 0.25) is 10.0 Å². The Hall–Kier alpha value is -0.660.